The molecule has 7 heteroatoms. The molecule has 1 aromatic heterocycles. The minimum absolute atomic E-state index is 0.0706. The van der Waals surface area contributed by atoms with E-state index in [-0.39, 0.29) is 11.5 Å². The van der Waals surface area contributed by atoms with Gasteiger partial charge in [-0.3, -0.25) is 5.10 Å². The number of sulfonamides is 1. The highest BCUT2D eigenvalue weighted by Crippen LogP contribution is 2.19. The highest BCUT2D eigenvalue weighted by Gasteiger charge is 2.29. The summed E-state index contributed by atoms with van der Waals surface area (Å²) in [5.41, 5.74) is 0.258. The van der Waals surface area contributed by atoms with Gasteiger partial charge in [-0.2, -0.15) is 5.10 Å². The number of aryl methyl sites for hydroxylation is 2. The van der Waals surface area contributed by atoms with E-state index in [4.69, 9.17) is 5.11 Å². The van der Waals surface area contributed by atoms with Gasteiger partial charge in [0, 0.05) is 12.1 Å². The highest BCUT2D eigenvalue weighted by molar-refractivity contribution is 7.89. The zero-order valence-corrected chi connectivity index (χ0v) is 11.3. The predicted molar refractivity (Wildman–Crippen MR) is 64.2 cm³/mol. The van der Waals surface area contributed by atoms with Crippen molar-refractivity contribution in [3.63, 3.8) is 0 Å². The van der Waals surface area contributed by atoms with Crippen LogP contribution in [0.3, 0.4) is 0 Å². The predicted octanol–water partition coefficient (Wildman–Crippen LogP) is 0.466. The molecule has 6 nitrogen and oxygen atoms in total. The molecule has 0 aliphatic carbocycles. The summed E-state index contributed by atoms with van der Waals surface area (Å²) in [6.45, 7) is 6.68. The Morgan fingerprint density at radius 2 is 2.00 bits per heavy atom. The van der Waals surface area contributed by atoms with Gasteiger partial charge in [-0.15, -0.1) is 0 Å². The molecule has 1 rings (SSSR count). The van der Waals surface area contributed by atoms with Crippen LogP contribution in [-0.4, -0.2) is 35.9 Å². The molecule has 1 aromatic rings. The van der Waals surface area contributed by atoms with Crippen LogP contribution in [0.15, 0.2) is 4.90 Å². The first-order valence-corrected chi connectivity index (χ1v) is 6.84. The number of hydrogen-bond acceptors (Lipinski definition) is 4. The Bertz CT molecular complexity index is 471. The van der Waals surface area contributed by atoms with E-state index < -0.39 is 15.6 Å². The zero-order chi connectivity index (χ0) is 13.3. The number of aromatic amines is 1. The molecule has 0 amide bonds. The standard InChI is InChI=1S/C10H19N3O3S/c1-7-9(8(2)12-11-7)17(15,16)13-10(3,4)5-6-14/h13-14H,5-6H2,1-4H3,(H,11,12). The van der Waals surface area contributed by atoms with Crippen molar-refractivity contribution in [3.05, 3.63) is 11.4 Å². The third-order valence-corrected chi connectivity index (χ3v) is 4.44. The van der Waals surface area contributed by atoms with E-state index in [1.54, 1.807) is 27.7 Å². The van der Waals surface area contributed by atoms with E-state index in [1.807, 2.05) is 0 Å². The van der Waals surface area contributed by atoms with Crippen LogP contribution < -0.4 is 4.72 Å². The summed E-state index contributed by atoms with van der Waals surface area (Å²) in [5.74, 6) is 0. The summed E-state index contributed by atoms with van der Waals surface area (Å²) >= 11 is 0. The molecule has 0 unspecified atom stereocenters. The van der Waals surface area contributed by atoms with Crippen molar-refractivity contribution in [3.8, 4) is 0 Å². The number of aliphatic hydroxyl groups is 1. The molecule has 0 radical (unpaired) electrons. The Morgan fingerprint density at radius 3 is 2.41 bits per heavy atom. The first-order valence-electron chi connectivity index (χ1n) is 5.36. The van der Waals surface area contributed by atoms with Gasteiger partial charge >= 0.3 is 0 Å². The van der Waals surface area contributed by atoms with Gasteiger partial charge in [0.05, 0.1) is 11.4 Å². The minimum atomic E-state index is -3.61. The maximum Gasteiger partial charge on any atom is 0.244 e. The normalized spacial score (nSPS) is 13.0. The smallest absolute Gasteiger partial charge is 0.244 e. The van der Waals surface area contributed by atoms with E-state index in [1.165, 1.54) is 0 Å². The average molecular weight is 261 g/mol. The molecule has 0 saturated heterocycles. The summed E-state index contributed by atoms with van der Waals surface area (Å²) in [5, 5.41) is 15.4. The van der Waals surface area contributed by atoms with Crippen LogP contribution in [0.1, 0.15) is 31.7 Å². The van der Waals surface area contributed by atoms with Gasteiger partial charge in [0.25, 0.3) is 0 Å². The van der Waals surface area contributed by atoms with Crippen LogP contribution in [0, 0.1) is 13.8 Å². The van der Waals surface area contributed by atoms with Crippen molar-refractivity contribution in [2.75, 3.05) is 6.61 Å². The lowest BCUT2D eigenvalue weighted by molar-refractivity contribution is 0.245. The van der Waals surface area contributed by atoms with Gasteiger partial charge in [0.15, 0.2) is 0 Å². The Kier molecular flexibility index (Phi) is 3.95. The lowest BCUT2D eigenvalue weighted by Gasteiger charge is -2.24. The molecule has 0 spiro atoms. The number of aliphatic hydroxyl groups excluding tert-OH is 1. The fourth-order valence-corrected chi connectivity index (χ4v) is 3.50. The number of aromatic nitrogens is 2. The molecular weight excluding hydrogens is 242 g/mol. The lowest BCUT2D eigenvalue weighted by atomic mass is 10.0. The van der Waals surface area contributed by atoms with E-state index in [0.29, 0.717) is 17.8 Å². The van der Waals surface area contributed by atoms with Gasteiger partial charge < -0.3 is 5.11 Å². The molecule has 3 N–H and O–H groups in total. The maximum atomic E-state index is 12.2. The molecule has 0 aliphatic rings. The Labute approximate surface area is 101 Å². The quantitative estimate of drug-likeness (QED) is 0.718. The second-order valence-corrected chi connectivity index (χ2v) is 6.35. The van der Waals surface area contributed by atoms with Gasteiger partial charge in [-0.05, 0) is 34.1 Å². The van der Waals surface area contributed by atoms with Gasteiger partial charge in [-0.25, -0.2) is 13.1 Å². The van der Waals surface area contributed by atoms with Gasteiger partial charge in [0.1, 0.15) is 4.90 Å². The second kappa shape index (κ2) is 4.75. The van der Waals surface area contributed by atoms with Gasteiger partial charge in [0.2, 0.25) is 10.0 Å². The summed E-state index contributed by atoms with van der Waals surface area (Å²) in [7, 11) is -3.61. The third kappa shape index (κ3) is 3.27. The van der Waals surface area contributed by atoms with Crippen LogP contribution in [-0.2, 0) is 10.0 Å². The molecule has 1 heterocycles. The van der Waals surface area contributed by atoms with E-state index in [2.05, 4.69) is 14.9 Å². The summed E-state index contributed by atoms with van der Waals surface area (Å²) in [4.78, 5) is 0.184. The zero-order valence-electron chi connectivity index (χ0n) is 10.5. The first-order chi connectivity index (χ1) is 7.69. The van der Waals surface area contributed by atoms with Crippen LogP contribution in [0.5, 0.6) is 0 Å². The Balaban J connectivity index is 3.06. The molecule has 0 saturated carbocycles. The van der Waals surface area contributed by atoms with Crippen molar-refractivity contribution in [2.45, 2.75) is 44.6 Å². The SMILES string of the molecule is Cc1n[nH]c(C)c1S(=O)(=O)NC(C)(C)CCO. The van der Waals surface area contributed by atoms with Crippen LogP contribution >= 0.6 is 0 Å². The number of H-pyrrole nitrogens is 1. The number of nitrogens with zero attached hydrogens (tertiary/aromatic N) is 1. The molecule has 17 heavy (non-hydrogen) atoms. The van der Waals surface area contributed by atoms with Crippen LogP contribution in [0.4, 0.5) is 0 Å². The van der Waals surface area contributed by atoms with E-state index >= 15 is 0 Å². The van der Waals surface area contributed by atoms with E-state index in [9.17, 15) is 8.42 Å². The maximum absolute atomic E-state index is 12.2. The van der Waals surface area contributed by atoms with Gasteiger partial charge in [-0.1, -0.05) is 0 Å². The topological polar surface area (TPSA) is 95.1 Å². The fraction of sp³-hybridized carbons (Fsp3) is 0.700. The van der Waals surface area contributed by atoms with Crippen molar-refractivity contribution in [2.24, 2.45) is 0 Å². The second-order valence-electron chi connectivity index (χ2n) is 4.73. The third-order valence-electron chi connectivity index (χ3n) is 2.48. The van der Waals surface area contributed by atoms with Crippen molar-refractivity contribution in [1.29, 1.82) is 0 Å². The molecule has 98 valence electrons. The number of hydrogen-bond donors (Lipinski definition) is 3. The molecule has 0 fully saturated rings. The molecule has 0 atom stereocenters. The monoisotopic (exact) mass is 261 g/mol. The lowest BCUT2D eigenvalue weighted by Crippen LogP contribution is -2.44. The largest absolute Gasteiger partial charge is 0.396 e. The average Bonchev–Trinajstić information content (AvgIpc) is 2.43. The molecule has 0 aliphatic heterocycles. The summed E-state index contributed by atoms with van der Waals surface area (Å²) < 4.78 is 26.9. The van der Waals surface area contributed by atoms with E-state index in [0.717, 1.165) is 0 Å². The van der Waals surface area contributed by atoms with Crippen LogP contribution in [0.2, 0.25) is 0 Å². The van der Waals surface area contributed by atoms with Crippen molar-refractivity contribution in [1.82, 2.24) is 14.9 Å². The fourth-order valence-electron chi connectivity index (χ4n) is 1.68. The van der Waals surface area contributed by atoms with Crippen molar-refractivity contribution < 1.29 is 13.5 Å². The first kappa shape index (κ1) is 14.1. The Morgan fingerprint density at radius 1 is 1.41 bits per heavy atom. The molecular formula is C10H19N3O3S. The number of nitrogens with one attached hydrogen (secondary N) is 2. The minimum Gasteiger partial charge on any atom is -0.396 e. The molecule has 0 aromatic carbocycles. The Hall–Kier alpha value is -0.920. The van der Waals surface area contributed by atoms with Crippen molar-refractivity contribution >= 4 is 10.0 Å². The summed E-state index contributed by atoms with van der Waals surface area (Å²) in [6.07, 6.45) is 0.349. The molecule has 0 bridgehead atoms. The highest BCUT2D eigenvalue weighted by atomic mass is 32.2. The number of rotatable bonds is 5. The summed E-state index contributed by atoms with van der Waals surface area (Å²) in [6, 6.07) is 0. The van der Waals surface area contributed by atoms with Crippen LogP contribution in [0.25, 0.3) is 0 Å².